The summed E-state index contributed by atoms with van der Waals surface area (Å²) in [5, 5.41) is 0. The van der Waals surface area contributed by atoms with E-state index in [1.165, 1.54) is 10.4 Å². The van der Waals surface area contributed by atoms with Crippen LogP contribution in [0.5, 0.6) is 0 Å². The van der Waals surface area contributed by atoms with Gasteiger partial charge in [0, 0.05) is 16.2 Å². The molecule has 21 heavy (non-hydrogen) atoms. The molecule has 2 N–H and O–H groups in total. The predicted octanol–water partition coefficient (Wildman–Crippen LogP) is 2.94. The van der Waals surface area contributed by atoms with E-state index in [4.69, 9.17) is 0 Å². The van der Waals surface area contributed by atoms with Gasteiger partial charge in [0.25, 0.3) is 0 Å². The smallest absolute Gasteiger partial charge is 0.306 e. The molecular formula is C15H12N2O2S2. The van der Waals surface area contributed by atoms with Crippen molar-refractivity contribution in [2.45, 2.75) is 12.2 Å². The summed E-state index contributed by atoms with van der Waals surface area (Å²) in [5.41, 5.74) is 3.05. The SMILES string of the molecule is O=C(c1ccc2[nH]c(=O)[nH]c2c1)c1cc2c(s1)CCSC2. The molecule has 2 aromatic heterocycles. The molecule has 0 radical (unpaired) electrons. The summed E-state index contributed by atoms with van der Waals surface area (Å²) in [7, 11) is 0. The summed E-state index contributed by atoms with van der Waals surface area (Å²) >= 11 is 3.52. The van der Waals surface area contributed by atoms with Crippen molar-refractivity contribution in [3.8, 4) is 0 Å². The quantitative estimate of drug-likeness (QED) is 0.714. The average Bonchev–Trinajstić information content (AvgIpc) is 3.07. The summed E-state index contributed by atoms with van der Waals surface area (Å²) in [4.78, 5) is 31.4. The maximum atomic E-state index is 12.6. The Bertz CT molecular complexity index is 880. The van der Waals surface area contributed by atoms with Gasteiger partial charge in [-0.2, -0.15) is 11.8 Å². The second-order valence-corrected chi connectivity index (χ2v) is 7.27. The van der Waals surface area contributed by atoms with Gasteiger partial charge in [-0.3, -0.25) is 4.79 Å². The zero-order chi connectivity index (χ0) is 14.4. The highest BCUT2D eigenvalue weighted by molar-refractivity contribution is 7.98. The van der Waals surface area contributed by atoms with E-state index < -0.39 is 0 Å². The minimum atomic E-state index is -0.252. The number of nitrogens with one attached hydrogen (secondary N) is 2. The van der Waals surface area contributed by atoms with Crippen LogP contribution in [0.3, 0.4) is 0 Å². The van der Waals surface area contributed by atoms with Crippen molar-refractivity contribution in [2.75, 3.05) is 5.75 Å². The fraction of sp³-hybridized carbons (Fsp3) is 0.200. The van der Waals surface area contributed by atoms with E-state index in [-0.39, 0.29) is 11.5 Å². The Labute approximate surface area is 128 Å². The van der Waals surface area contributed by atoms with Gasteiger partial charge in [-0.15, -0.1) is 11.3 Å². The maximum Gasteiger partial charge on any atom is 0.323 e. The number of imidazole rings is 1. The fourth-order valence-electron chi connectivity index (χ4n) is 2.58. The van der Waals surface area contributed by atoms with E-state index in [9.17, 15) is 9.59 Å². The number of hydrogen-bond donors (Lipinski definition) is 2. The van der Waals surface area contributed by atoms with Crippen LogP contribution in [0.4, 0.5) is 0 Å². The predicted molar refractivity (Wildman–Crippen MR) is 86.5 cm³/mol. The maximum absolute atomic E-state index is 12.6. The first-order valence-corrected chi connectivity index (χ1v) is 8.64. The molecule has 0 amide bonds. The van der Waals surface area contributed by atoms with Gasteiger partial charge >= 0.3 is 5.69 Å². The number of thiophene rings is 1. The summed E-state index contributed by atoms with van der Waals surface area (Å²) in [5.74, 6) is 2.17. The summed E-state index contributed by atoms with van der Waals surface area (Å²) in [6.45, 7) is 0. The van der Waals surface area contributed by atoms with Gasteiger partial charge in [-0.1, -0.05) is 0 Å². The van der Waals surface area contributed by atoms with Crippen molar-refractivity contribution in [3.63, 3.8) is 0 Å². The lowest BCUT2D eigenvalue weighted by Gasteiger charge is -2.08. The molecule has 1 aromatic carbocycles. The Balaban J connectivity index is 1.75. The topological polar surface area (TPSA) is 65.7 Å². The lowest BCUT2D eigenvalue weighted by molar-refractivity contribution is 0.104. The Morgan fingerprint density at radius 3 is 2.86 bits per heavy atom. The van der Waals surface area contributed by atoms with Crippen LogP contribution in [0.2, 0.25) is 0 Å². The van der Waals surface area contributed by atoms with Crippen LogP contribution in [-0.2, 0) is 12.2 Å². The second kappa shape index (κ2) is 4.89. The van der Waals surface area contributed by atoms with E-state index in [1.54, 1.807) is 29.5 Å². The van der Waals surface area contributed by atoms with Gasteiger partial charge in [0.2, 0.25) is 5.78 Å². The van der Waals surface area contributed by atoms with Crippen molar-refractivity contribution in [2.24, 2.45) is 0 Å². The molecule has 0 atom stereocenters. The van der Waals surface area contributed by atoms with E-state index in [0.717, 1.165) is 28.3 Å². The van der Waals surface area contributed by atoms with Gasteiger partial charge in [-0.25, -0.2) is 4.79 Å². The van der Waals surface area contributed by atoms with E-state index in [2.05, 4.69) is 9.97 Å². The highest BCUT2D eigenvalue weighted by Crippen LogP contribution is 2.32. The number of hydrogen-bond acceptors (Lipinski definition) is 4. The van der Waals surface area contributed by atoms with E-state index in [1.807, 2.05) is 17.8 Å². The molecule has 3 heterocycles. The fourth-order valence-corrected chi connectivity index (χ4v) is 4.91. The third kappa shape index (κ3) is 2.24. The molecule has 0 spiro atoms. The zero-order valence-electron chi connectivity index (χ0n) is 11.1. The Hall–Kier alpha value is -1.79. The second-order valence-electron chi connectivity index (χ2n) is 5.03. The van der Waals surface area contributed by atoms with Gasteiger partial charge in [-0.05, 0) is 42.0 Å². The van der Waals surface area contributed by atoms with E-state index in [0.29, 0.717) is 11.1 Å². The van der Waals surface area contributed by atoms with Crippen LogP contribution in [0, 0.1) is 0 Å². The number of aromatic amines is 2. The van der Waals surface area contributed by atoms with Gasteiger partial charge in [0.15, 0.2) is 0 Å². The Morgan fingerprint density at radius 2 is 2.00 bits per heavy atom. The summed E-state index contributed by atoms with van der Waals surface area (Å²) in [6.07, 6.45) is 1.06. The van der Waals surface area contributed by atoms with Gasteiger partial charge in [0.05, 0.1) is 15.9 Å². The molecule has 0 unspecified atom stereocenters. The molecule has 6 heteroatoms. The average molecular weight is 316 g/mol. The van der Waals surface area contributed by atoms with Crippen molar-refractivity contribution >= 4 is 39.9 Å². The lowest BCUT2D eigenvalue weighted by Crippen LogP contribution is -1.99. The normalized spacial score (nSPS) is 14.3. The van der Waals surface area contributed by atoms with E-state index >= 15 is 0 Å². The first-order valence-electron chi connectivity index (χ1n) is 6.67. The first-order chi connectivity index (χ1) is 10.2. The highest BCUT2D eigenvalue weighted by atomic mass is 32.2. The molecule has 0 bridgehead atoms. The number of carbonyl (C=O) groups is 1. The Morgan fingerprint density at radius 1 is 1.14 bits per heavy atom. The van der Waals surface area contributed by atoms with Crippen LogP contribution in [-0.4, -0.2) is 21.5 Å². The molecule has 4 rings (SSSR count). The van der Waals surface area contributed by atoms with Crippen LogP contribution < -0.4 is 5.69 Å². The van der Waals surface area contributed by atoms with Gasteiger partial charge in [0.1, 0.15) is 0 Å². The van der Waals surface area contributed by atoms with Crippen molar-refractivity contribution in [1.29, 1.82) is 0 Å². The van der Waals surface area contributed by atoms with Crippen LogP contribution in [0.1, 0.15) is 25.7 Å². The molecule has 0 saturated heterocycles. The summed E-state index contributed by atoms with van der Waals surface area (Å²) < 4.78 is 0. The van der Waals surface area contributed by atoms with Crippen LogP contribution in [0.15, 0.2) is 29.1 Å². The zero-order valence-corrected chi connectivity index (χ0v) is 12.7. The van der Waals surface area contributed by atoms with Crippen molar-refractivity contribution < 1.29 is 4.79 Å². The van der Waals surface area contributed by atoms with Crippen molar-refractivity contribution in [3.05, 3.63) is 55.6 Å². The molecule has 0 saturated carbocycles. The standard InChI is InChI=1S/C15H12N2O2S2/c18-14(13-6-9-7-20-4-3-12(9)21-13)8-1-2-10-11(5-8)17-15(19)16-10/h1-2,5-6H,3-4,7H2,(H2,16,17,19). The number of rotatable bonds is 2. The number of aromatic nitrogens is 2. The molecule has 1 aliphatic rings. The number of ketones is 1. The van der Waals surface area contributed by atoms with Crippen LogP contribution in [0.25, 0.3) is 11.0 Å². The number of H-pyrrole nitrogens is 2. The molecule has 3 aromatic rings. The molecule has 0 fully saturated rings. The number of thioether (sulfide) groups is 1. The minimum Gasteiger partial charge on any atom is -0.306 e. The Kier molecular flexibility index (Phi) is 3.01. The van der Waals surface area contributed by atoms with Gasteiger partial charge < -0.3 is 9.97 Å². The third-order valence-corrected chi connectivity index (χ3v) is 5.87. The monoisotopic (exact) mass is 316 g/mol. The number of fused-ring (bicyclic) bond motifs is 2. The minimum absolute atomic E-state index is 0.0309. The first kappa shape index (κ1) is 12.9. The largest absolute Gasteiger partial charge is 0.323 e. The molecule has 106 valence electrons. The summed E-state index contributed by atoms with van der Waals surface area (Å²) in [6, 6.07) is 7.30. The highest BCUT2D eigenvalue weighted by Gasteiger charge is 2.19. The number of carbonyl (C=O) groups excluding carboxylic acids is 1. The molecular weight excluding hydrogens is 304 g/mol. The number of aryl methyl sites for hydroxylation is 1. The molecule has 0 aliphatic carbocycles. The lowest BCUT2D eigenvalue weighted by atomic mass is 10.1. The number of benzene rings is 1. The molecule has 4 nitrogen and oxygen atoms in total. The van der Waals surface area contributed by atoms with Crippen molar-refractivity contribution in [1.82, 2.24) is 9.97 Å². The molecule has 1 aliphatic heterocycles. The third-order valence-electron chi connectivity index (χ3n) is 3.63. The van der Waals surface area contributed by atoms with Crippen LogP contribution >= 0.6 is 23.1 Å².